The summed E-state index contributed by atoms with van der Waals surface area (Å²) < 4.78 is 13.8. The number of benzene rings is 8. The Morgan fingerprint density at radius 2 is 0.869 bits per heavy atom. The van der Waals surface area contributed by atoms with Crippen molar-refractivity contribution in [3.8, 4) is 0 Å². The summed E-state index contributed by atoms with van der Waals surface area (Å²) in [5, 5.41) is 9.92. The fourth-order valence-electron chi connectivity index (χ4n) is 8.81. The van der Waals surface area contributed by atoms with Crippen molar-refractivity contribution in [2.24, 2.45) is 0 Å². The first-order valence-electron chi connectivity index (χ1n) is 20.1. The molecule has 0 amide bonds. The minimum atomic E-state index is 0.704. The summed E-state index contributed by atoms with van der Waals surface area (Å²) in [6.07, 6.45) is 3.80. The smallest absolute Gasteiger partial charge is 0.157 e. The van der Waals surface area contributed by atoms with Crippen LogP contribution < -0.4 is 9.80 Å². The Morgan fingerprint density at radius 1 is 0.377 bits per heavy atom. The van der Waals surface area contributed by atoms with Crippen molar-refractivity contribution in [2.45, 2.75) is 0 Å². The van der Waals surface area contributed by atoms with Crippen molar-refractivity contribution in [1.82, 2.24) is 15.0 Å². The van der Waals surface area contributed by atoms with Crippen molar-refractivity contribution >= 4 is 132 Å². The topological polar surface area (TPSA) is 71.4 Å². The number of thiophene rings is 1. The number of hydrogen-bond acceptors (Lipinski definition) is 8. The molecule has 0 bridgehead atoms. The zero-order valence-corrected chi connectivity index (χ0v) is 33.2. The number of fused-ring (bicyclic) bond motifs is 11. The lowest BCUT2D eigenvalue weighted by Gasteiger charge is -2.24. The van der Waals surface area contributed by atoms with Gasteiger partial charge < -0.3 is 8.83 Å². The van der Waals surface area contributed by atoms with Gasteiger partial charge in [-0.1, -0.05) is 97.1 Å². The van der Waals surface area contributed by atoms with Crippen LogP contribution in [0.2, 0.25) is 0 Å². The zero-order chi connectivity index (χ0) is 40.0. The molecule has 0 aliphatic carbocycles. The summed E-state index contributed by atoms with van der Waals surface area (Å²) in [6, 6.07) is 61.1. The molecule has 0 atom stereocenters. The molecule has 0 aliphatic heterocycles. The standard InChI is InChI=1S/C53H31N5O2S/c1-3-11-34-25-36(19-17-32(34)9-1)57(38-21-23-42-40-13-5-7-15-45(40)59-47(42)27-38)50-29-49-44(30-54-50)52-53(61-49)56-51(31-55-52)58(37-20-18-33-10-2-4-12-35(33)26-37)39-22-24-43-41-14-6-8-16-46(41)60-48(43)28-39/h1-31H. The highest BCUT2D eigenvalue weighted by molar-refractivity contribution is 7.25. The Kier molecular flexibility index (Phi) is 7.34. The lowest BCUT2D eigenvalue weighted by Crippen LogP contribution is -2.12. The molecule has 13 rings (SSSR count). The first kappa shape index (κ1) is 33.9. The molecule has 5 heterocycles. The van der Waals surface area contributed by atoms with Gasteiger partial charge in [-0.15, -0.1) is 11.3 Å². The second-order valence-electron chi connectivity index (χ2n) is 15.3. The molecular weight excluding hydrogens is 771 g/mol. The van der Waals surface area contributed by atoms with Crippen molar-refractivity contribution in [3.63, 3.8) is 0 Å². The highest BCUT2D eigenvalue weighted by Crippen LogP contribution is 2.43. The average molecular weight is 802 g/mol. The third-order valence-corrected chi connectivity index (χ3v) is 12.8. The molecule has 61 heavy (non-hydrogen) atoms. The summed E-state index contributed by atoms with van der Waals surface area (Å²) in [5.74, 6) is 1.48. The van der Waals surface area contributed by atoms with Gasteiger partial charge in [0.05, 0.1) is 17.6 Å². The molecule has 0 saturated heterocycles. The van der Waals surface area contributed by atoms with Gasteiger partial charge >= 0.3 is 0 Å². The van der Waals surface area contributed by atoms with Crippen LogP contribution in [-0.4, -0.2) is 15.0 Å². The van der Waals surface area contributed by atoms with Crippen LogP contribution in [0.25, 0.3) is 85.9 Å². The monoisotopic (exact) mass is 801 g/mol. The number of furan rings is 2. The Labute approximate surface area is 352 Å². The zero-order valence-electron chi connectivity index (χ0n) is 32.4. The Hall–Kier alpha value is -8.07. The van der Waals surface area contributed by atoms with Crippen LogP contribution in [-0.2, 0) is 0 Å². The first-order valence-corrected chi connectivity index (χ1v) is 21.0. The summed E-state index contributed by atoms with van der Waals surface area (Å²) in [7, 11) is 0. The van der Waals surface area contributed by atoms with Gasteiger partial charge in [-0.05, 0) is 88.3 Å². The number of nitrogens with zero attached hydrogens (tertiary/aromatic N) is 5. The minimum Gasteiger partial charge on any atom is -0.456 e. The van der Waals surface area contributed by atoms with E-state index in [1.54, 1.807) is 11.3 Å². The van der Waals surface area contributed by atoms with Gasteiger partial charge in [-0.2, -0.15) is 0 Å². The predicted octanol–water partition coefficient (Wildman–Crippen LogP) is 15.3. The van der Waals surface area contributed by atoms with Crippen molar-refractivity contribution < 1.29 is 8.83 Å². The Morgan fingerprint density at radius 3 is 1.48 bits per heavy atom. The van der Waals surface area contributed by atoms with E-state index in [1.165, 1.54) is 10.8 Å². The molecule has 7 nitrogen and oxygen atoms in total. The fraction of sp³-hybridized carbons (Fsp3) is 0. The summed E-state index contributed by atoms with van der Waals surface area (Å²) in [4.78, 5) is 20.8. The molecular formula is C53H31N5O2S. The number of aromatic nitrogens is 3. The van der Waals surface area contributed by atoms with Crippen molar-refractivity contribution in [1.29, 1.82) is 0 Å². The molecule has 0 fully saturated rings. The van der Waals surface area contributed by atoms with Crippen molar-refractivity contribution in [2.75, 3.05) is 9.80 Å². The van der Waals surface area contributed by atoms with Crippen molar-refractivity contribution in [3.05, 3.63) is 188 Å². The van der Waals surface area contributed by atoms with Gasteiger partial charge in [0.2, 0.25) is 0 Å². The van der Waals surface area contributed by atoms with Gasteiger partial charge in [0.15, 0.2) is 5.82 Å². The largest absolute Gasteiger partial charge is 0.456 e. The lowest BCUT2D eigenvalue weighted by atomic mass is 10.1. The molecule has 0 N–H and O–H groups in total. The van der Waals surface area contributed by atoms with Crippen LogP contribution >= 0.6 is 11.3 Å². The predicted molar refractivity (Wildman–Crippen MR) is 252 cm³/mol. The van der Waals surface area contributed by atoms with E-state index < -0.39 is 0 Å². The number of para-hydroxylation sites is 2. The van der Waals surface area contributed by atoms with E-state index in [1.807, 2.05) is 48.8 Å². The average Bonchev–Trinajstić information content (AvgIpc) is 3.99. The quantitative estimate of drug-likeness (QED) is 0.166. The van der Waals surface area contributed by atoms with E-state index in [0.29, 0.717) is 5.82 Å². The second kappa shape index (κ2) is 13.2. The summed E-state index contributed by atoms with van der Waals surface area (Å²) >= 11 is 1.62. The molecule has 0 aliphatic rings. The molecule has 0 saturated carbocycles. The van der Waals surface area contributed by atoms with Crippen LogP contribution in [0.4, 0.5) is 34.4 Å². The van der Waals surface area contributed by atoms with Crippen LogP contribution in [0.5, 0.6) is 0 Å². The molecule has 8 heteroatoms. The van der Waals surface area contributed by atoms with E-state index in [4.69, 9.17) is 23.8 Å². The third-order valence-electron chi connectivity index (χ3n) is 11.7. The summed E-state index contributed by atoms with van der Waals surface area (Å²) in [6.45, 7) is 0. The number of hydrogen-bond donors (Lipinski definition) is 0. The maximum atomic E-state index is 6.37. The Balaban J connectivity index is 0.961. The maximum Gasteiger partial charge on any atom is 0.157 e. The van der Waals surface area contributed by atoms with E-state index >= 15 is 0 Å². The van der Waals surface area contributed by atoms with Gasteiger partial charge in [0.25, 0.3) is 0 Å². The minimum absolute atomic E-state index is 0.704. The van der Waals surface area contributed by atoms with Gasteiger partial charge in [-0.3, -0.25) is 9.80 Å². The van der Waals surface area contributed by atoms with Gasteiger partial charge in [-0.25, -0.2) is 15.0 Å². The maximum absolute atomic E-state index is 6.37. The summed E-state index contributed by atoms with van der Waals surface area (Å²) in [5.41, 5.74) is 8.02. The van der Waals surface area contributed by atoms with Gasteiger partial charge in [0.1, 0.15) is 38.5 Å². The lowest BCUT2D eigenvalue weighted by molar-refractivity contribution is 0.668. The number of rotatable bonds is 6. The SMILES string of the molecule is c1ccc2cc(N(c3ccc4c(c3)oc3ccccc34)c3cc4sc5nc(N(c6ccc7ccccc7c6)c6ccc7c(c6)oc6ccccc67)cnc5c4cn3)ccc2c1. The van der Waals surface area contributed by atoms with E-state index in [-0.39, 0.29) is 0 Å². The molecule has 0 radical (unpaired) electrons. The molecule has 5 aromatic heterocycles. The normalized spacial score (nSPS) is 11.9. The molecule has 0 spiro atoms. The molecule has 13 aromatic rings. The van der Waals surface area contributed by atoms with E-state index in [9.17, 15) is 0 Å². The molecule has 0 unspecified atom stereocenters. The fourth-order valence-corrected chi connectivity index (χ4v) is 9.84. The second-order valence-corrected chi connectivity index (χ2v) is 16.3. The number of anilines is 6. The van der Waals surface area contributed by atoms with Gasteiger partial charge in [0, 0.05) is 61.3 Å². The van der Waals surface area contributed by atoms with Crippen LogP contribution in [0.3, 0.4) is 0 Å². The Bertz CT molecular complexity index is 3630. The van der Waals surface area contributed by atoms with Crippen LogP contribution in [0, 0.1) is 0 Å². The van der Waals surface area contributed by atoms with Crippen LogP contribution in [0.1, 0.15) is 0 Å². The molecule has 286 valence electrons. The van der Waals surface area contributed by atoms with E-state index in [0.717, 1.165) is 104 Å². The van der Waals surface area contributed by atoms with E-state index in [2.05, 4.69) is 149 Å². The molecule has 8 aromatic carbocycles. The highest BCUT2D eigenvalue weighted by atomic mass is 32.1. The number of pyridine rings is 1. The van der Waals surface area contributed by atoms with Crippen LogP contribution in [0.15, 0.2) is 197 Å². The first-order chi connectivity index (χ1) is 30.2. The highest BCUT2D eigenvalue weighted by Gasteiger charge is 2.22. The third kappa shape index (κ3) is 5.46.